The van der Waals surface area contributed by atoms with Crippen molar-refractivity contribution < 1.29 is 27.5 Å². The van der Waals surface area contributed by atoms with Crippen LogP contribution >= 0.6 is 0 Å². The van der Waals surface area contributed by atoms with Gasteiger partial charge in [-0.05, 0) is 66.6 Å². The van der Waals surface area contributed by atoms with Crippen molar-refractivity contribution in [3.63, 3.8) is 0 Å². The van der Waals surface area contributed by atoms with Gasteiger partial charge in [-0.3, -0.25) is 14.4 Å². The standard InChI is InChI=1S/C28H31N5O6S/c1-20(23-7-5-4-6-8-23)30-28(36)19-39-25-13-9-22(10-14-25)17-29-32-27(35)18-33(3)40(37,38)26-15-11-24(12-16-26)31-21(2)34/h4-17,20H,18-19H2,1-3H3,(H,30,36)(H,31,34)(H,32,35)/b29-17-/t20-/m0/s1. The molecule has 3 aromatic carbocycles. The smallest absolute Gasteiger partial charge is 0.258 e. The minimum Gasteiger partial charge on any atom is -0.484 e. The molecule has 0 unspecified atom stereocenters. The average molecular weight is 566 g/mol. The van der Waals surface area contributed by atoms with E-state index in [2.05, 4.69) is 21.2 Å². The van der Waals surface area contributed by atoms with Crippen molar-refractivity contribution in [2.45, 2.75) is 24.8 Å². The van der Waals surface area contributed by atoms with Gasteiger partial charge in [0, 0.05) is 19.7 Å². The summed E-state index contributed by atoms with van der Waals surface area (Å²) in [5.41, 5.74) is 4.40. The van der Waals surface area contributed by atoms with Crippen LogP contribution in [0.15, 0.2) is 88.9 Å². The van der Waals surface area contributed by atoms with Crippen molar-refractivity contribution in [3.05, 3.63) is 90.0 Å². The van der Waals surface area contributed by atoms with E-state index in [0.717, 1.165) is 9.87 Å². The number of rotatable bonds is 12. The number of hydrazone groups is 1. The molecule has 40 heavy (non-hydrogen) atoms. The maximum absolute atomic E-state index is 12.7. The van der Waals surface area contributed by atoms with E-state index in [1.54, 1.807) is 24.3 Å². The molecule has 11 nitrogen and oxygen atoms in total. The summed E-state index contributed by atoms with van der Waals surface area (Å²) in [6, 6.07) is 21.8. The highest BCUT2D eigenvalue weighted by atomic mass is 32.2. The number of carbonyl (C=O) groups is 3. The lowest BCUT2D eigenvalue weighted by Crippen LogP contribution is -2.36. The Balaban J connectivity index is 1.44. The molecule has 0 aliphatic rings. The van der Waals surface area contributed by atoms with Gasteiger partial charge in [-0.15, -0.1) is 0 Å². The molecule has 0 aliphatic heterocycles. The summed E-state index contributed by atoms with van der Waals surface area (Å²) in [5, 5.41) is 9.30. The first kappa shape index (κ1) is 30.0. The van der Waals surface area contributed by atoms with Gasteiger partial charge in [-0.25, -0.2) is 13.8 Å². The molecular formula is C28H31N5O6S. The summed E-state index contributed by atoms with van der Waals surface area (Å²) in [4.78, 5) is 35.5. The van der Waals surface area contributed by atoms with Crippen LogP contribution < -0.4 is 20.8 Å². The fraction of sp³-hybridized carbons (Fsp3) is 0.214. The topological polar surface area (TPSA) is 146 Å². The number of anilines is 1. The maximum atomic E-state index is 12.7. The number of hydrogen-bond acceptors (Lipinski definition) is 7. The normalized spacial score (nSPS) is 12.1. The predicted octanol–water partition coefficient (Wildman–Crippen LogP) is 2.67. The van der Waals surface area contributed by atoms with Crippen molar-refractivity contribution in [1.82, 2.24) is 15.0 Å². The second-order valence-electron chi connectivity index (χ2n) is 8.82. The minimum atomic E-state index is -3.93. The van der Waals surface area contributed by atoms with E-state index in [1.807, 2.05) is 37.3 Å². The van der Waals surface area contributed by atoms with Gasteiger partial charge < -0.3 is 15.4 Å². The fourth-order valence-electron chi connectivity index (χ4n) is 3.50. The Morgan fingerprint density at radius 1 is 0.950 bits per heavy atom. The van der Waals surface area contributed by atoms with Crippen molar-refractivity contribution in [2.24, 2.45) is 5.10 Å². The molecule has 0 aromatic heterocycles. The lowest BCUT2D eigenvalue weighted by atomic mass is 10.1. The van der Waals surface area contributed by atoms with E-state index in [4.69, 9.17) is 4.74 Å². The minimum absolute atomic E-state index is 0.0223. The van der Waals surface area contributed by atoms with E-state index in [0.29, 0.717) is 17.0 Å². The highest BCUT2D eigenvalue weighted by molar-refractivity contribution is 7.89. The van der Waals surface area contributed by atoms with E-state index in [-0.39, 0.29) is 29.4 Å². The largest absolute Gasteiger partial charge is 0.484 e. The first-order chi connectivity index (χ1) is 19.0. The van der Waals surface area contributed by atoms with Crippen molar-refractivity contribution in [3.8, 4) is 5.75 Å². The third kappa shape index (κ3) is 9.03. The Kier molecular flexibility index (Phi) is 10.5. The number of likely N-dealkylation sites (N-methyl/N-ethyl adjacent to an activating group) is 1. The zero-order chi connectivity index (χ0) is 29.1. The van der Waals surface area contributed by atoms with Gasteiger partial charge in [0.05, 0.1) is 23.7 Å². The molecular weight excluding hydrogens is 534 g/mol. The number of carbonyl (C=O) groups excluding carboxylic acids is 3. The Hall–Kier alpha value is -4.55. The molecule has 3 rings (SSSR count). The number of sulfonamides is 1. The van der Waals surface area contributed by atoms with Crippen molar-refractivity contribution >= 4 is 39.6 Å². The molecule has 0 heterocycles. The lowest BCUT2D eigenvalue weighted by molar-refractivity contribution is -0.124. The zero-order valence-corrected chi connectivity index (χ0v) is 23.1. The number of amides is 3. The number of ether oxygens (including phenoxy) is 1. The molecule has 0 fully saturated rings. The molecule has 210 valence electrons. The highest BCUT2D eigenvalue weighted by Gasteiger charge is 2.23. The summed E-state index contributed by atoms with van der Waals surface area (Å²) < 4.78 is 31.9. The van der Waals surface area contributed by atoms with E-state index >= 15 is 0 Å². The molecule has 0 aliphatic carbocycles. The molecule has 0 radical (unpaired) electrons. The van der Waals surface area contributed by atoms with E-state index in [1.165, 1.54) is 44.5 Å². The first-order valence-electron chi connectivity index (χ1n) is 12.3. The average Bonchev–Trinajstić information content (AvgIpc) is 2.93. The molecule has 3 N–H and O–H groups in total. The van der Waals surface area contributed by atoms with Gasteiger partial charge in [0.25, 0.3) is 11.8 Å². The Labute approximate surface area is 233 Å². The second-order valence-corrected chi connectivity index (χ2v) is 10.9. The van der Waals surface area contributed by atoms with Crippen molar-refractivity contribution in [1.29, 1.82) is 0 Å². The van der Waals surface area contributed by atoms with Crippen LogP contribution in [-0.4, -0.2) is 56.9 Å². The molecule has 0 saturated heterocycles. The summed E-state index contributed by atoms with van der Waals surface area (Å²) >= 11 is 0. The third-order valence-corrected chi connectivity index (χ3v) is 7.40. The van der Waals surface area contributed by atoms with Crippen LogP contribution in [0, 0.1) is 0 Å². The van der Waals surface area contributed by atoms with Crippen LogP contribution in [-0.2, 0) is 24.4 Å². The summed E-state index contributed by atoms with van der Waals surface area (Å²) in [6.45, 7) is 2.65. The van der Waals surface area contributed by atoms with Crippen LogP contribution in [0.1, 0.15) is 31.0 Å². The van der Waals surface area contributed by atoms with Crippen LogP contribution in [0.3, 0.4) is 0 Å². The van der Waals surface area contributed by atoms with Crippen molar-refractivity contribution in [2.75, 3.05) is 25.5 Å². The Bertz CT molecular complexity index is 1440. The van der Waals surface area contributed by atoms with Gasteiger partial charge in [-0.2, -0.15) is 9.41 Å². The lowest BCUT2D eigenvalue weighted by Gasteiger charge is -2.16. The van der Waals surface area contributed by atoms with Gasteiger partial charge in [0.1, 0.15) is 5.75 Å². The second kappa shape index (κ2) is 14.0. The molecule has 3 amide bonds. The molecule has 0 spiro atoms. The fourth-order valence-corrected chi connectivity index (χ4v) is 4.63. The number of nitrogens with zero attached hydrogens (tertiary/aromatic N) is 2. The van der Waals surface area contributed by atoms with Gasteiger partial charge >= 0.3 is 0 Å². The van der Waals surface area contributed by atoms with Gasteiger partial charge in [0.2, 0.25) is 15.9 Å². The first-order valence-corrected chi connectivity index (χ1v) is 13.7. The maximum Gasteiger partial charge on any atom is 0.258 e. The molecule has 0 saturated carbocycles. The van der Waals surface area contributed by atoms with Gasteiger partial charge in [0.15, 0.2) is 6.61 Å². The highest BCUT2D eigenvalue weighted by Crippen LogP contribution is 2.17. The SMILES string of the molecule is CC(=O)Nc1ccc(S(=O)(=O)N(C)CC(=O)N/N=C\c2ccc(OCC(=O)N[C@@H](C)c3ccccc3)cc2)cc1. The predicted molar refractivity (Wildman–Crippen MR) is 151 cm³/mol. The summed E-state index contributed by atoms with van der Waals surface area (Å²) in [7, 11) is -2.65. The third-order valence-electron chi connectivity index (χ3n) is 5.58. The zero-order valence-electron chi connectivity index (χ0n) is 22.3. The summed E-state index contributed by atoms with van der Waals surface area (Å²) in [6.07, 6.45) is 1.39. The van der Waals surface area contributed by atoms with Crippen LogP contribution in [0.5, 0.6) is 5.75 Å². The van der Waals surface area contributed by atoms with Crippen LogP contribution in [0.2, 0.25) is 0 Å². The number of nitrogens with one attached hydrogen (secondary N) is 3. The van der Waals surface area contributed by atoms with Crippen LogP contribution in [0.25, 0.3) is 0 Å². The molecule has 12 heteroatoms. The van der Waals surface area contributed by atoms with E-state index in [9.17, 15) is 22.8 Å². The summed E-state index contributed by atoms with van der Waals surface area (Å²) in [5.74, 6) is -0.671. The van der Waals surface area contributed by atoms with Crippen LogP contribution in [0.4, 0.5) is 5.69 Å². The van der Waals surface area contributed by atoms with Gasteiger partial charge in [-0.1, -0.05) is 30.3 Å². The Morgan fingerprint density at radius 3 is 2.23 bits per heavy atom. The Morgan fingerprint density at radius 2 is 1.60 bits per heavy atom. The quantitative estimate of drug-likeness (QED) is 0.227. The molecule has 1 atom stereocenters. The monoisotopic (exact) mass is 565 g/mol. The molecule has 3 aromatic rings. The number of benzene rings is 3. The number of hydrogen-bond donors (Lipinski definition) is 3. The van der Waals surface area contributed by atoms with E-state index < -0.39 is 22.5 Å². The molecule has 0 bridgehead atoms.